The normalized spacial score (nSPS) is 18.5. The number of nitrogens with zero attached hydrogens (tertiary/aromatic N) is 3. The molecule has 0 bridgehead atoms. The Hall–Kier alpha value is -4.14. The third-order valence-electron chi connectivity index (χ3n) is 7.30. The minimum atomic E-state index is -1.32. The van der Waals surface area contributed by atoms with Crippen LogP contribution in [0.25, 0.3) is 0 Å². The first-order valence-corrected chi connectivity index (χ1v) is 13.8. The highest BCUT2D eigenvalue weighted by molar-refractivity contribution is 6.34. The highest BCUT2D eigenvalue weighted by Gasteiger charge is 2.33. The molecule has 15 heteroatoms. The molecular formula is C28H28ClF3N6O5. The Kier molecular flexibility index (Phi) is 9.18. The summed E-state index contributed by atoms with van der Waals surface area (Å²) in [4.78, 5) is 48.5. The van der Waals surface area contributed by atoms with Gasteiger partial charge in [-0.2, -0.15) is 4.39 Å². The SMILES string of the molecule is O=C(Nc1ccc(C(=O)N2CCN(C(=O)[C@@H]3C[C@@H](O)CN3)CC2)c(Cl)c1)c1ncc(Cc2ccc(OCF)c(F)c2F)[nH]1. The largest absolute Gasteiger partial charge is 0.460 e. The van der Waals surface area contributed by atoms with Crippen molar-refractivity contribution in [3.05, 3.63) is 75.8 Å². The molecule has 228 valence electrons. The number of β-amino-alcohol motifs (C(OH)–C–C–N with tert-alkyl or cyclic N) is 1. The van der Waals surface area contributed by atoms with Crippen molar-refractivity contribution in [1.82, 2.24) is 25.1 Å². The van der Waals surface area contributed by atoms with Gasteiger partial charge in [0.2, 0.25) is 18.6 Å². The molecule has 43 heavy (non-hydrogen) atoms. The van der Waals surface area contributed by atoms with Crippen molar-refractivity contribution in [2.45, 2.75) is 25.0 Å². The van der Waals surface area contributed by atoms with Crippen LogP contribution in [-0.4, -0.2) is 94.3 Å². The second kappa shape index (κ2) is 13.0. The quantitative estimate of drug-likeness (QED) is 0.303. The van der Waals surface area contributed by atoms with E-state index >= 15 is 0 Å². The van der Waals surface area contributed by atoms with E-state index in [-0.39, 0.29) is 40.2 Å². The molecule has 4 N–H and O–H groups in total. The van der Waals surface area contributed by atoms with E-state index in [2.05, 4.69) is 25.3 Å². The van der Waals surface area contributed by atoms with Crippen LogP contribution in [0.4, 0.5) is 18.9 Å². The summed E-state index contributed by atoms with van der Waals surface area (Å²) in [6.07, 6.45) is 1.01. The van der Waals surface area contributed by atoms with Crippen LogP contribution in [0, 0.1) is 11.6 Å². The Bertz CT molecular complexity index is 1530. The van der Waals surface area contributed by atoms with Gasteiger partial charge in [-0.15, -0.1) is 0 Å². The minimum Gasteiger partial charge on any atom is -0.460 e. The molecule has 3 aromatic rings. The summed E-state index contributed by atoms with van der Waals surface area (Å²) in [5.74, 6) is -4.20. The number of anilines is 1. The Morgan fingerprint density at radius 3 is 2.51 bits per heavy atom. The molecule has 2 fully saturated rings. The molecule has 3 heterocycles. The van der Waals surface area contributed by atoms with Gasteiger partial charge >= 0.3 is 0 Å². The molecule has 2 aliphatic heterocycles. The average molecular weight is 621 g/mol. The van der Waals surface area contributed by atoms with Crippen molar-refractivity contribution in [1.29, 1.82) is 0 Å². The number of ether oxygens (including phenoxy) is 1. The van der Waals surface area contributed by atoms with Crippen molar-refractivity contribution in [3.63, 3.8) is 0 Å². The van der Waals surface area contributed by atoms with Crippen LogP contribution >= 0.6 is 11.6 Å². The summed E-state index contributed by atoms with van der Waals surface area (Å²) in [7, 11) is 0. The van der Waals surface area contributed by atoms with Gasteiger partial charge < -0.3 is 35.3 Å². The Morgan fingerprint density at radius 2 is 1.84 bits per heavy atom. The van der Waals surface area contributed by atoms with E-state index < -0.39 is 42.3 Å². The molecule has 2 aliphatic rings. The lowest BCUT2D eigenvalue weighted by Crippen LogP contribution is -2.54. The fraction of sp³-hybridized carbons (Fsp3) is 0.357. The summed E-state index contributed by atoms with van der Waals surface area (Å²) in [6, 6.07) is 6.36. The number of amides is 3. The van der Waals surface area contributed by atoms with Crippen molar-refractivity contribution < 1.29 is 37.4 Å². The standard InChI is InChI=1S/C28H28ClF3N6O5/c29-20-10-16(2-3-19(20)27(41)37-5-7-38(8-6-37)28(42)21-11-18(39)13-33-21)36-26(40)25-34-12-17(35-25)9-15-1-4-22(43-14-30)24(32)23(15)31/h1-4,10,12,18,21,33,39H,5-9,11,13-14H2,(H,34,35)(H,36,40)/t18-,21+/m1/s1. The van der Waals surface area contributed by atoms with Gasteiger partial charge in [-0.05, 0) is 36.2 Å². The highest BCUT2D eigenvalue weighted by atomic mass is 35.5. The van der Waals surface area contributed by atoms with Gasteiger partial charge in [0.25, 0.3) is 11.8 Å². The van der Waals surface area contributed by atoms with Crippen molar-refractivity contribution in [2.24, 2.45) is 0 Å². The van der Waals surface area contributed by atoms with Crippen LogP contribution in [-0.2, 0) is 11.2 Å². The molecule has 3 amide bonds. The van der Waals surface area contributed by atoms with Crippen LogP contribution in [0.15, 0.2) is 36.5 Å². The molecule has 2 aromatic carbocycles. The zero-order valence-corrected chi connectivity index (χ0v) is 23.5. The second-order valence-corrected chi connectivity index (χ2v) is 10.6. The lowest BCUT2D eigenvalue weighted by molar-refractivity contribution is -0.134. The van der Waals surface area contributed by atoms with Gasteiger partial charge in [-0.1, -0.05) is 17.7 Å². The molecule has 2 atom stereocenters. The Balaban J connectivity index is 1.16. The smallest absolute Gasteiger partial charge is 0.291 e. The number of imidazole rings is 1. The number of aliphatic hydroxyl groups is 1. The zero-order chi connectivity index (χ0) is 30.7. The number of hydrogen-bond acceptors (Lipinski definition) is 7. The summed E-state index contributed by atoms with van der Waals surface area (Å²) < 4.78 is 45.1. The number of carbonyl (C=O) groups is 3. The van der Waals surface area contributed by atoms with Crippen LogP contribution < -0.4 is 15.4 Å². The van der Waals surface area contributed by atoms with Crippen LogP contribution in [0.1, 0.15) is 38.7 Å². The van der Waals surface area contributed by atoms with E-state index in [0.29, 0.717) is 50.5 Å². The summed E-state index contributed by atoms with van der Waals surface area (Å²) in [5, 5.41) is 15.4. The maximum atomic E-state index is 14.3. The maximum absolute atomic E-state index is 14.3. The second-order valence-electron chi connectivity index (χ2n) is 10.2. The monoisotopic (exact) mass is 620 g/mol. The molecule has 1 aromatic heterocycles. The Labute approximate surface area is 249 Å². The zero-order valence-electron chi connectivity index (χ0n) is 22.7. The molecule has 0 saturated carbocycles. The maximum Gasteiger partial charge on any atom is 0.291 e. The number of aromatic amines is 1. The lowest BCUT2D eigenvalue weighted by atomic mass is 10.1. The van der Waals surface area contributed by atoms with E-state index in [0.717, 1.165) is 6.07 Å². The van der Waals surface area contributed by atoms with Gasteiger partial charge in [0.1, 0.15) is 0 Å². The number of nitrogens with one attached hydrogen (secondary N) is 3. The lowest BCUT2D eigenvalue weighted by Gasteiger charge is -2.36. The fourth-order valence-corrected chi connectivity index (χ4v) is 5.29. The van der Waals surface area contributed by atoms with Gasteiger partial charge in [0.05, 0.1) is 22.7 Å². The number of halogens is 4. The third kappa shape index (κ3) is 6.76. The molecule has 0 spiro atoms. The predicted octanol–water partition coefficient (Wildman–Crippen LogP) is 2.50. The number of carbonyl (C=O) groups excluding carboxylic acids is 3. The van der Waals surface area contributed by atoms with Crippen LogP contribution in [0.3, 0.4) is 0 Å². The fourth-order valence-electron chi connectivity index (χ4n) is 5.03. The number of piperazine rings is 1. The van der Waals surface area contributed by atoms with E-state index in [1.54, 1.807) is 9.80 Å². The number of benzene rings is 2. The van der Waals surface area contributed by atoms with E-state index in [1.165, 1.54) is 30.5 Å². The van der Waals surface area contributed by atoms with E-state index in [1.807, 2.05) is 0 Å². The highest BCUT2D eigenvalue weighted by Crippen LogP contribution is 2.26. The number of rotatable bonds is 8. The van der Waals surface area contributed by atoms with Gasteiger partial charge in [-0.3, -0.25) is 14.4 Å². The third-order valence-corrected chi connectivity index (χ3v) is 7.62. The number of aliphatic hydroxyl groups excluding tert-OH is 1. The molecule has 0 unspecified atom stereocenters. The van der Waals surface area contributed by atoms with Gasteiger partial charge in [0, 0.05) is 56.7 Å². The average Bonchev–Trinajstić information content (AvgIpc) is 3.66. The van der Waals surface area contributed by atoms with Gasteiger partial charge in [-0.25, -0.2) is 13.8 Å². The van der Waals surface area contributed by atoms with Crippen molar-refractivity contribution in [2.75, 3.05) is 44.9 Å². The minimum absolute atomic E-state index is 0.0509. The summed E-state index contributed by atoms with van der Waals surface area (Å²) in [6.45, 7) is 0.437. The van der Waals surface area contributed by atoms with Crippen molar-refractivity contribution >= 4 is 35.0 Å². The summed E-state index contributed by atoms with van der Waals surface area (Å²) >= 11 is 6.39. The Morgan fingerprint density at radius 1 is 1.09 bits per heavy atom. The van der Waals surface area contributed by atoms with Gasteiger partial charge in [0.15, 0.2) is 17.4 Å². The van der Waals surface area contributed by atoms with Crippen LogP contribution in [0.5, 0.6) is 5.75 Å². The number of aromatic nitrogens is 2. The van der Waals surface area contributed by atoms with Crippen molar-refractivity contribution in [3.8, 4) is 5.75 Å². The predicted molar refractivity (Wildman–Crippen MR) is 149 cm³/mol. The van der Waals surface area contributed by atoms with E-state index in [9.17, 15) is 32.7 Å². The van der Waals surface area contributed by atoms with E-state index in [4.69, 9.17) is 11.6 Å². The first-order chi connectivity index (χ1) is 20.6. The van der Waals surface area contributed by atoms with Crippen LogP contribution in [0.2, 0.25) is 5.02 Å². The molecule has 11 nitrogen and oxygen atoms in total. The molecule has 0 radical (unpaired) electrons. The first kappa shape index (κ1) is 30.3. The molecule has 2 saturated heterocycles. The first-order valence-electron chi connectivity index (χ1n) is 13.4. The summed E-state index contributed by atoms with van der Waals surface area (Å²) in [5.41, 5.74) is 0.797. The number of hydrogen-bond donors (Lipinski definition) is 4. The molecular weight excluding hydrogens is 593 g/mol. The topological polar surface area (TPSA) is 140 Å². The molecule has 5 rings (SSSR count). The molecule has 0 aliphatic carbocycles. The number of H-pyrrole nitrogens is 1. The number of alkyl halides is 1.